The van der Waals surface area contributed by atoms with Crippen LogP contribution in [-0.4, -0.2) is 53.9 Å². The largest absolute Gasteiger partial charge is 0.502 e. The molecule has 182 valence electrons. The van der Waals surface area contributed by atoms with Gasteiger partial charge in [0.25, 0.3) is 0 Å². The van der Waals surface area contributed by atoms with Crippen molar-refractivity contribution in [3.8, 4) is 28.7 Å². The number of phenols is 1. The normalized spacial score (nSPS) is 24.0. The summed E-state index contributed by atoms with van der Waals surface area (Å²) in [6, 6.07) is 7.40. The van der Waals surface area contributed by atoms with Crippen molar-refractivity contribution in [2.75, 3.05) is 27.6 Å². The molecule has 11 heteroatoms. The fraction of sp³-hybridized carbons (Fsp3) is 0.375. The van der Waals surface area contributed by atoms with Crippen molar-refractivity contribution in [3.05, 3.63) is 46.8 Å². The Labute approximate surface area is 204 Å². The van der Waals surface area contributed by atoms with Crippen molar-refractivity contribution in [2.24, 2.45) is 11.8 Å². The van der Waals surface area contributed by atoms with E-state index in [1.807, 2.05) is 19.1 Å². The van der Waals surface area contributed by atoms with Crippen LogP contribution in [0.3, 0.4) is 0 Å². The van der Waals surface area contributed by atoms with E-state index in [9.17, 15) is 9.90 Å². The van der Waals surface area contributed by atoms with E-state index < -0.39 is 5.92 Å². The molecule has 6 rings (SSSR count). The molecule has 10 nitrogen and oxygen atoms in total. The smallest absolute Gasteiger partial charge is 0.310 e. The molecular weight excluding hydrogens is 474 g/mol. The van der Waals surface area contributed by atoms with Crippen LogP contribution >= 0.6 is 11.8 Å². The number of carbonyl (C=O) groups excluding carboxylic acids is 1. The lowest BCUT2D eigenvalue weighted by atomic mass is 9.67. The number of thioether (sulfide) groups is 1. The maximum atomic E-state index is 13.2. The molecule has 0 unspecified atom stereocenters. The zero-order chi connectivity index (χ0) is 24.3. The molecule has 1 aromatic heterocycles. The monoisotopic (exact) mass is 497 g/mol. The van der Waals surface area contributed by atoms with Gasteiger partial charge in [-0.2, -0.15) is 0 Å². The molecule has 0 saturated carbocycles. The molecular formula is C24H23N3O7S. The minimum atomic E-state index is -0.473. The van der Waals surface area contributed by atoms with Crippen molar-refractivity contribution in [3.63, 3.8) is 0 Å². The van der Waals surface area contributed by atoms with Crippen LogP contribution < -0.4 is 18.9 Å². The predicted octanol–water partition coefficient (Wildman–Crippen LogP) is 3.33. The molecule has 4 atom stereocenters. The van der Waals surface area contributed by atoms with Crippen LogP contribution in [-0.2, 0) is 9.53 Å². The summed E-state index contributed by atoms with van der Waals surface area (Å²) in [5.41, 5.74) is 2.67. The first-order valence-electron chi connectivity index (χ1n) is 11.1. The van der Waals surface area contributed by atoms with Crippen LogP contribution in [0.15, 0.2) is 29.4 Å². The van der Waals surface area contributed by atoms with Gasteiger partial charge in [-0.1, -0.05) is 11.8 Å². The Morgan fingerprint density at radius 3 is 2.37 bits per heavy atom. The second kappa shape index (κ2) is 8.26. The van der Waals surface area contributed by atoms with E-state index in [0.29, 0.717) is 22.5 Å². The standard InChI is InChI=1S/C24H23N3O7S/c1-10-25-24(27-26-10)35-22-13-7-16-15(33-9-34-16)6-12(13)19(20-14(22)8-32-23(20)29)11-4-17(30-2)21(28)18(5-11)31-3/h4-7,14,19-20,22,28H,8-9H2,1-3H3,(H,25,26,27)/t14-,19+,20-,22+/m0/s1. The molecule has 2 aliphatic heterocycles. The summed E-state index contributed by atoms with van der Waals surface area (Å²) < 4.78 is 27.8. The first-order valence-corrected chi connectivity index (χ1v) is 12.0. The van der Waals surface area contributed by atoms with Gasteiger partial charge in [0.2, 0.25) is 17.7 Å². The van der Waals surface area contributed by atoms with E-state index in [-0.39, 0.29) is 53.7 Å². The van der Waals surface area contributed by atoms with Gasteiger partial charge in [-0.3, -0.25) is 9.89 Å². The molecule has 2 N–H and O–H groups in total. The number of carbonyl (C=O) groups is 1. The van der Waals surface area contributed by atoms with E-state index in [0.717, 1.165) is 16.7 Å². The summed E-state index contributed by atoms with van der Waals surface area (Å²) in [6.07, 6.45) is 0. The number of aromatic amines is 1. The Morgan fingerprint density at radius 1 is 1.06 bits per heavy atom. The van der Waals surface area contributed by atoms with Crippen LogP contribution in [0.4, 0.5) is 0 Å². The number of nitrogens with one attached hydrogen (secondary N) is 1. The summed E-state index contributed by atoms with van der Waals surface area (Å²) in [4.78, 5) is 17.6. The van der Waals surface area contributed by atoms with E-state index in [1.165, 1.54) is 26.0 Å². The fourth-order valence-corrected chi connectivity index (χ4v) is 6.51. The van der Waals surface area contributed by atoms with Crippen molar-refractivity contribution in [1.82, 2.24) is 15.2 Å². The van der Waals surface area contributed by atoms with Gasteiger partial charge in [0.05, 0.1) is 26.7 Å². The average Bonchev–Trinajstić information content (AvgIpc) is 3.58. The number of methoxy groups -OCH3 is 2. The topological polar surface area (TPSA) is 125 Å². The molecule has 0 amide bonds. The molecule has 1 saturated heterocycles. The number of nitrogens with zero attached hydrogens (tertiary/aromatic N) is 2. The zero-order valence-electron chi connectivity index (χ0n) is 19.2. The first-order chi connectivity index (χ1) is 17.0. The lowest BCUT2D eigenvalue weighted by Gasteiger charge is -2.38. The molecule has 3 aromatic rings. The predicted molar refractivity (Wildman–Crippen MR) is 123 cm³/mol. The maximum absolute atomic E-state index is 13.2. The lowest BCUT2D eigenvalue weighted by Crippen LogP contribution is -2.33. The molecule has 0 spiro atoms. The summed E-state index contributed by atoms with van der Waals surface area (Å²) in [6.45, 7) is 2.26. The second-order valence-electron chi connectivity index (χ2n) is 8.65. The second-order valence-corrected chi connectivity index (χ2v) is 9.76. The number of phenolic OH excluding ortho intramolecular Hbond substituents is 1. The molecule has 0 radical (unpaired) electrons. The Morgan fingerprint density at radius 2 is 1.74 bits per heavy atom. The number of H-pyrrole nitrogens is 1. The van der Waals surface area contributed by atoms with E-state index in [1.54, 1.807) is 12.1 Å². The van der Waals surface area contributed by atoms with Gasteiger partial charge in [-0.15, -0.1) is 5.10 Å². The molecule has 3 aliphatic rings. The molecule has 2 aromatic carbocycles. The first kappa shape index (κ1) is 21.9. The molecule has 0 bridgehead atoms. The minimum absolute atomic E-state index is 0.0978. The number of aromatic hydroxyl groups is 1. The van der Waals surface area contributed by atoms with Crippen molar-refractivity contribution >= 4 is 17.7 Å². The zero-order valence-corrected chi connectivity index (χ0v) is 20.0. The highest BCUT2D eigenvalue weighted by Gasteiger charge is 2.53. The van der Waals surface area contributed by atoms with Gasteiger partial charge in [-0.25, -0.2) is 4.98 Å². The van der Waals surface area contributed by atoms with Gasteiger partial charge in [-0.05, 0) is 47.9 Å². The third kappa shape index (κ3) is 3.44. The van der Waals surface area contributed by atoms with Gasteiger partial charge in [0, 0.05) is 17.1 Å². The minimum Gasteiger partial charge on any atom is -0.502 e. The number of aromatic nitrogens is 3. The number of ether oxygens (including phenoxy) is 5. The number of benzene rings is 2. The number of rotatable bonds is 5. The van der Waals surface area contributed by atoms with E-state index in [4.69, 9.17) is 23.7 Å². The Kier molecular flexibility index (Phi) is 5.17. The quantitative estimate of drug-likeness (QED) is 0.507. The summed E-state index contributed by atoms with van der Waals surface area (Å²) in [5, 5.41) is 18.1. The fourth-order valence-electron chi connectivity index (χ4n) is 5.24. The number of aryl methyl sites for hydroxylation is 1. The van der Waals surface area contributed by atoms with Crippen LogP contribution in [0.1, 0.15) is 33.7 Å². The summed E-state index contributed by atoms with van der Waals surface area (Å²) in [7, 11) is 2.95. The van der Waals surface area contributed by atoms with Crippen LogP contribution in [0, 0.1) is 18.8 Å². The number of hydrogen-bond acceptors (Lipinski definition) is 10. The summed E-state index contributed by atoms with van der Waals surface area (Å²) >= 11 is 1.50. The Balaban J connectivity index is 1.56. The molecule has 1 fully saturated rings. The van der Waals surface area contributed by atoms with E-state index in [2.05, 4.69) is 15.2 Å². The third-order valence-electron chi connectivity index (χ3n) is 6.79. The highest BCUT2D eigenvalue weighted by molar-refractivity contribution is 7.99. The van der Waals surface area contributed by atoms with Gasteiger partial charge < -0.3 is 28.8 Å². The number of hydrogen-bond donors (Lipinski definition) is 2. The Bertz CT molecular complexity index is 1300. The van der Waals surface area contributed by atoms with Crippen LogP contribution in [0.2, 0.25) is 0 Å². The highest BCUT2D eigenvalue weighted by atomic mass is 32.2. The van der Waals surface area contributed by atoms with Gasteiger partial charge in [0.15, 0.2) is 23.0 Å². The Hall–Kier alpha value is -3.60. The van der Waals surface area contributed by atoms with Crippen LogP contribution in [0.5, 0.6) is 28.7 Å². The van der Waals surface area contributed by atoms with Crippen molar-refractivity contribution < 1.29 is 33.6 Å². The number of fused-ring (bicyclic) bond motifs is 3. The maximum Gasteiger partial charge on any atom is 0.310 e. The summed E-state index contributed by atoms with van der Waals surface area (Å²) in [5.74, 6) is 1.14. The third-order valence-corrected chi connectivity index (χ3v) is 8.04. The van der Waals surface area contributed by atoms with Crippen LogP contribution in [0.25, 0.3) is 0 Å². The van der Waals surface area contributed by atoms with Crippen molar-refractivity contribution in [2.45, 2.75) is 23.2 Å². The number of cyclic esters (lactones) is 1. The molecule has 1 aliphatic carbocycles. The average molecular weight is 498 g/mol. The number of esters is 1. The van der Waals surface area contributed by atoms with Gasteiger partial charge >= 0.3 is 5.97 Å². The highest BCUT2D eigenvalue weighted by Crippen LogP contribution is 2.59. The van der Waals surface area contributed by atoms with Gasteiger partial charge in [0.1, 0.15) is 5.82 Å². The lowest BCUT2D eigenvalue weighted by molar-refractivity contribution is -0.141. The molecule has 3 heterocycles. The van der Waals surface area contributed by atoms with E-state index >= 15 is 0 Å². The van der Waals surface area contributed by atoms with Crippen molar-refractivity contribution in [1.29, 1.82) is 0 Å². The molecule has 35 heavy (non-hydrogen) atoms. The SMILES string of the molecule is COc1cc([C@@H]2c3cc4c(cc3[C@@H](Sc3n[nH]c(C)n3)[C@H]3COC(=O)[C@H]23)OCO4)cc(OC)c1O.